The third-order valence-electron chi connectivity index (χ3n) is 0.300. The van der Waals surface area contributed by atoms with E-state index in [4.69, 9.17) is 19.7 Å². The van der Waals surface area contributed by atoms with E-state index in [0.717, 1.165) is 0 Å². The summed E-state index contributed by atoms with van der Waals surface area (Å²) < 4.78 is 0. The van der Waals surface area contributed by atoms with Crippen LogP contribution in [0.5, 0.6) is 0 Å². The van der Waals surface area contributed by atoms with Gasteiger partial charge in [-0.25, -0.2) is 29.4 Å². The monoisotopic (exact) mass is 121 g/mol. The van der Waals surface area contributed by atoms with Crippen molar-refractivity contribution in [1.82, 2.24) is 0 Å². The zero-order chi connectivity index (χ0) is 7.54. The summed E-state index contributed by atoms with van der Waals surface area (Å²) in [7, 11) is 0. The van der Waals surface area contributed by atoms with Gasteiger partial charge >= 0.3 is 6.67 Å². The highest BCUT2D eigenvalue weighted by molar-refractivity contribution is 4.65. The van der Waals surface area contributed by atoms with Crippen LogP contribution in [0.1, 0.15) is 6.92 Å². The quantitative estimate of drug-likeness (QED) is 0.433. The fourth-order valence-corrected chi connectivity index (χ4v) is 0.0354. The van der Waals surface area contributed by atoms with Crippen LogP contribution in [0.4, 0.5) is 0 Å². The Balaban J connectivity index is 0. The Morgan fingerprint density at radius 2 is 1.33 bits per heavy atom. The fraction of sp³-hybridized carbons (Fsp3) is 0.500. The molecular formula is C6H7N3. The van der Waals surface area contributed by atoms with Crippen LogP contribution in [-0.4, -0.2) is 13.2 Å². The van der Waals surface area contributed by atoms with Gasteiger partial charge in [0, 0.05) is 6.92 Å². The molecule has 0 aliphatic rings. The molecule has 0 rings (SSSR count). The minimum atomic E-state index is -0.0278. The van der Waals surface area contributed by atoms with E-state index < -0.39 is 0 Å². The molecule has 0 aliphatic carbocycles. The van der Waals surface area contributed by atoms with E-state index in [2.05, 4.69) is 14.5 Å². The molecule has 9 heavy (non-hydrogen) atoms. The Morgan fingerprint density at radius 3 is 1.33 bits per heavy atom. The van der Waals surface area contributed by atoms with Gasteiger partial charge in [0.05, 0.1) is 0 Å². The van der Waals surface area contributed by atoms with E-state index in [9.17, 15) is 0 Å². The second kappa shape index (κ2) is 16.1. The van der Waals surface area contributed by atoms with Crippen molar-refractivity contribution in [2.75, 3.05) is 13.2 Å². The molecule has 46 valence electrons. The maximum atomic E-state index is 6.08. The summed E-state index contributed by atoms with van der Waals surface area (Å²) in [5, 5.41) is 0. The Kier molecular flexibility index (Phi) is 18.7. The second-order valence-corrected chi connectivity index (χ2v) is 0.932. The topological polar surface area (TPSA) is 13.1 Å². The molecule has 0 amide bonds. The lowest BCUT2D eigenvalue weighted by Gasteiger charge is -1.51. The minimum Gasteiger partial charge on any atom is -0.317 e. The van der Waals surface area contributed by atoms with E-state index in [0.29, 0.717) is 6.54 Å². The molecule has 0 aromatic carbocycles. The molecule has 0 aromatic heterocycles. The lowest BCUT2D eigenvalue weighted by molar-refractivity contribution is 1.35. The van der Waals surface area contributed by atoms with Crippen LogP contribution in [0.3, 0.4) is 0 Å². The summed E-state index contributed by atoms with van der Waals surface area (Å²) in [5.74, 6) is 0. The van der Waals surface area contributed by atoms with Crippen molar-refractivity contribution in [3.8, 4) is 0 Å². The van der Waals surface area contributed by atoms with Gasteiger partial charge in [0.15, 0.2) is 0 Å². The van der Waals surface area contributed by atoms with E-state index in [1.54, 1.807) is 0 Å². The van der Waals surface area contributed by atoms with Crippen molar-refractivity contribution < 1.29 is 0 Å². The van der Waals surface area contributed by atoms with Gasteiger partial charge in [0.25, 0.3) is 0 Å². The number of rotatable bonds is 0. The van der Waals surface area contributed by atoms with E-state index in [1.165, 1.54) is 0 Å². The van der Waals surface area contributed by atoms with Crippen LogP contribution in [0.15, 0.2) is 0 Å². The first-order chi connectivity index (χ1) is 4.33. The Morgan fingerprint density at radius 1 is 1.00 bits per heavy atom. The summed E-state index contributed by atoms with van der Waals surface area (Å²) in [4.78, 5) is 8.49. The molecule has 0 fully saturated rings. The number of nitrogens with zero attached hydrogens (tertiary/aromatic N) is 3. The van der Waals surface area contributed by atoms with Crippen LogP contribution < -0.4 is 0 Å². The maximum absolute atomic E-state index is 6.08. The first kappa shape index (κ1) is 10.5. The van der Waals surface area contributed by atoms with Gasteiger partial charge in [0.2, 0.25) is 6.54 Å². The molecule has 0 radical (unpaired) electrons. The molecule has 0 spiro atoms. The summed E-state index contributed by atoms with van der Waals surface area (Å²) in [5.41, 5.74) is 0. The summed E-state index contributed by atoms with van der Waals surface area (Å²) >= 11 is 0. The molecule has 0 unspecified atom stereocenters. The average Bonchev–Trinajstić information content (AvgIpc) is 1.91. The van der Waals surface area contributed by atoms with Gasteiger partial charge < -0.3 is 4.85 Å². The highest BCUT2D eigenvalue weighted by atomic mass is 14.8. The third kappa shape index (κ3) is 59.8. The molecule has 0 saturated heterocycles. The van der Waals surface area contributed by atoms with Gasteiger partial charge in [-0.05, 0) is 0 Å². The maximum Gasteiger partial charge on any atom is 0.466 e. The first-order valence-corrected chi connectivity index (χ1v) is 2.33. The molecule has 3 nitrogen and oxygen atoms in total. The average molecular weight is 121 g/mol. The third-order valence-corrected chi connectivity index (χ3v) is 0.300. The van der Waals surface area contributed by atoms with Crippen molar-refractivity contribution in [2.45, 2.75) is 6.92 Å². The van der Waals surface area contributed by atoms with Crippen molar-refractivity contribution in [3.05, 3.63) is 34.3 Å². The Hall–Kier alpha value is -1.53. The van der Waals surface area contributed by atoms with Crippen molar-refractivity contribution >= 4 is 0 Å². The van der Waals surface area contributed by atoms with Crippen molar-refractivity contribution in [3.63, 3.8) is 0 Å². The first-order valence-electron chi connectivity index (χ1n) is 2.33. The summed E-state index contributed by atoms with van der Waals surface area (Å²) in [6.45, 7) is 20.5. The lowest BCUT2D eigenvalue weighted by atomic mass is 10.8. The summed E-state index contributed by atoms with van der Waals surface area (Å²) in [6, 6.07) is 0. The van der Waals surface area contributed by atoms with Crippen LogP contribution in [0, 0.1) is 19.7 Å². The second-order valence-electron chi connectivity index (χ2n) is 0.932. The van der Waals surface area contributed by atoms with Crippen LogP contribution in [-0.2, 0) is 0 Å². The Bertz CT molecular complexity index is 141. The molecule has 0 heterocycles. The van der Waals surface area contributed by atoms with E-state index >= 15 is 0 Å². The van der Waals surface area contributed by atoms with Gasteiger partial charge in [-0.15, -0.1) is 0 Å². The molecular weight excluding hydrogens is 114 g/mol. The minimum absolute atomic E-state index is 0.0278. The molecule has 0 atom stereocenters. The molecule has 0 N–H and O–H groups in total. The van der Waals surface area contributed by atoms with Crippen molar-refractivity contribution in [2.24, 2.45) is 0 Å². The van der Waals surface area contributed by atoms with Crippen LogP contribution in [0.25, 0.3) is 14.5 Å². The molecule has 0 bridgehead atoms. The van der Waals surface area contributed by atoms with Crippen LogP contribution in [0.2, 0.25) is 0 Å². The number of hydrogen-bond acceptors (Lipinski definition) is 0. The predicted molar refractivity (Wildman–Crippen MR) is 35.2 cm³/mol. The molecule has 0 saturated carbocycles. The summed E-state index contributed by atoms with van der Waals surface area (Å²) in [6.07, 6.45) is 0. The Labute approximate surface area is 55.4 Å². The van der Waals surface area contributed by atoms with Gasteiger partial charge in [0.1, 0.15) is 0 Å². The van der Waals surface area contributed by atoms with Crippen LogP contribution >= 0.6 is 0 Å². The molecule has 0 aromatic rings. The smallest absolute Gasteiger partial charge is 0.317 e. The van der Waals surface area contributed by atoms with Gasteiger partial charge in [-0.1, -0.05) is 0 Å². The SMILES string of the molecule is [C-]#[N+]CC.[C-]#[N+]C[N+]#[C-]. The largest absolute Gasteiger partial charge is 0.466 e. The van der Waals surface area contributed by atoms with Gasteiger partial charge in [-0.2, -0.15) is 0 Å². The highest BCUT2D eigenvalue weighted by Gasteiger charge is 1.64. The van der Waals surface area contributed by atoms with Gasteiger partial charge in [-0.3, -0.25) is 0 Å². The van der Waals surface area contributed by atoms with E-state index in [1.807, 2.05) is 6.92 Å². The van der Waals surface area contributed by atoms with Crippen molar-refractivity contribution in [1.29, 1.82) is 0 Å². The molecule has 3 heteroatoms. The molecule has 0 aliphatic heterocycles. The zero-order valence-corrected chi connectivity index (χ0v) is 5.26. The lowest BCUT2D eigenvalue weighted by Crippen LogP contribution is -1.48. The van der Waals surface area contributed by atoms with E-state index in [-0.39, 0.29) is 6.67 Å². The standard InChI is InChI=1S/C3H2N2.C3H5N/c1-4-3-5-2;1-3-4-2/h3H2;3H2,1H3. The fourth-order valence-electron chi connectivity index (χ4n) is 0.0354. The zero-order valence-electron chi connectivity index (χ0n) is 5.26. The predicted octanol–water partition coefficient (Wildman–Crippen LogP) is 1.71. The number of hydrogen-bond donors (Lipinski definition) is 0. The highest BCUT2D eigenvalue weighted by Crippen LogP contribution is 1.61. The normalized spacial score (nSPS) is 4.67.